The molecule has 0 aromatic heterocycles. The second-order valence-corrected chi connectivity index (χ2v) is 4.41. The minimum Gasteiger partial charge on any atom is -0.747 e. The quantitative estimate of drug-likeness (QED) is 0.399. The van der Waals surface area contributed by atoms with Gasteiger partial charge in [0, 0.05) is 0 Å². The second kappa shape index (κ2) is 5.86. The standard InChI is InChI=1S/CH4O6S2.2Ag/c2-8(3,4)1-9(5,6)7;;/h1H2,(H,2,3,4)(H,5,6,7);;/q;2*+1/p-2. The van der Waals surface area contributed by atoms with Gasteiger partial charge in [0.2, 0.25) is 0 Å². The third-order valence-electron chi connectivity index (χ3n) is 0.289. The molecule has 0 saturated heterocycles. The maximum atomic E-state index is 9.51. The first-order valence-electron chi connectivity index (χ1n) is 1.58. The molecule has 6 nitrogen and oxygen atoms in total. The molecule has 11 heavy (non-hydrogen) atoms. The van der Waals surface area contributed by atoms with E-state index < -0.39 is 25.3 Å². The molecule has 0 aromatic rings. The fraction of sp³-hybridized carbons (Fsp3) is 1.00. The van der Waals surface area contributed by atoms with Crippen molar-refractivity contribution in [1.82, 2.24) is 0 Å². The smallest absolute Gasteiger partial charge is 0.747 e. The van der Waals surface area contributed by atoms with Crippen molar-refractivity contribution in [1.29, 1.82) is 0 Å². The first kappa shape index (κ1) is 18.2. The molecule has 0 N–H and O–H groups in total. The van der Waals surface area contributed by atoms with Crippen molar-refractivity contribution >= 4 is 20.2 Å². The summed E-state index contributed by atoms with van der Waals surface area (Å²) in [5.74, 6) is 0. The Labute approximate surface area is 95.3 Å². The zero-order chi connectivity index (χ0) is 7.71. The van der Waals surface area contributed by atoms with Gasteiger partial charge in [-0.05, 0) is 0 Å². The van der Waals surface area contributed by atoms with Gasteiger partial charge in [-0.3, -0.25) is 0 Å². The first-order chi connectivity index (χ1) is 3.71. The number of hydrogen-bond donors (Lipinski definition) is 0. The van der Waals surface area contributed by atoms with Crippen LogP contribution in [0.25, 0.3) is 0 Å². The molecule has 0 aliphatic heterocycles. The minimum atomic E-state index is -4.93. The summed E-state index contributed by atoms with van der Waals surface area (Å²) in [7, 11) is -9.86. The summed E-state index contributed by atoms with van der Waals surface area (Å²) in [5, 5.41) is -1.88. The third kappa shape index (κ3) is 18.3. The molecule has 0 aliphatic carbocycles. The van der Waals surface area contributed by atoms with Crippen molar-refractivity contribution < 1.29 is 70.7 Å². The van der Waals surface area contributed by atoms with E-state index in [1.807, 2.05) is 0 Å². The molecule has 0 aliphatic rings. The third-order valence-corrected chi connectivity index (χ3v) is 2.60. The fourth-order valence-electron chi connectivity index (χ4n) is 0.177. The van der Waals surface area contributed by atoms with Crippen molar-refractivity contribution in [2.24, 2.45) is 0 Å². The van der Waals surface area contributed by atoms with Gasteiger partial charge in [-0.2, -0.15) is 0 Å². The van der Waals surface area contributed by atoms with Crippen LogP contribution in [0.3, 0.4) is 0 Å². The number of hydrogen-bond acceptors (Lipinski definition) is 6. The van der Waals surface area contributed by atoms with Crippen LogP contribution in [0.5, 0.6) is 0 Å². The maximum absolute atomic E-state index is 9.51. The molecule has 0 amide bonds. The topological polar surface area (TPSA) is 114 Å². The van der Waals surface area contributed by atoms with Crippen LogP contribution in [-0.4, -0.2) is 31.0 Å². The normalized spacial score (nSPS) is 11.1. The molecule has 0 fully saturated rings. The van der Waals surface area contributed by atoms with Gasteiger partial charge in [-0.1, -0.05) is 0 Å². The molecule has 0 radical (unpaired) electrons. The largest absolute Gasteiger partial charge is 1.00 e. The predicted octanol–water partition coefficient (Wildman–Crippen LogP) is -1.97. The van der Waals surface area contributed by atoms with Crippen molar-refractivity contribution in [2.45, 2.75) is 0 Å². The fourth-order valence-corrected chi connectivity index (χ4v) is 1.59. The van der Waals surface area contributed by atoms with Crippen LogP contribution in [0, 0.1) is 0 Å². The Hall–Kier alpha value is 1.30. The van der Waals surface area contributed by atoms with Crippen LogP contribution in [0.15, 0.2) is 0 Å². The molecule has 0 saturated carbocycles. The average molecular weight is 390 g/mol. The Kier molecular flexibility index (Phi) is 9.68. The molecule has 10 heteroatoms. The predicted molar refractivity (Wildman–Crippen MR) is 24.3 cm³/mol. The molecule has 76 valence electrons. The van der Waals surface area contributed by atoms with Gasteiger partial charge in [0.1, 0.15) is 25.3 Å². The maximum Gasteiger partial charge on any atom is 1.00 e. The number of rotatable bonds is 2. The Balaban J connectivity index is -0.000000320. The van der Waals surface area contributed by atoms with Crippen LogP contribution in [0.2, 0.25) is 0 Å². The van der Waals surface area contributed by atoms with E-state index in [4.69, 9.17) is 0 Å². The SMILES string of the molecule is O=S(=O)([O-])CS(=O)(=O)[O-].[Ag+].[Ag+]. The van der Waals surface area contributed by atoms with Gasteiger partial charge >= 0.3 is 44.8 Å². The van der Waals surface area contributed by atoms with E-state index in [1.54, 1.807) is 0 Å². The summed E-state index contributed by atoms with van der Waals surface area (Å²) in [6, 6.07) is 0. The Morgan fingerprint density at radius 2 is 1.00 bits per heavy atom. The van der Waals surface area contributed by atoms with E-state index in [9.17, 15) is 25.9 Å². The summed E-state index contributed by atoms with van der Waals surface area (Å²) < 4.78 is 57.1. The summed E-state index contributed by atoms with van der Waals surface area (Å²) in [4.78, 5) is 0. The van der Waals surface area contributed by atoms with Gasteiger partial charge in [-0.25, -0.2) is 16.8 Å². The zero-order valence-electron chi connectivity index (χ0n) is 4.58. The van der Waals surface area contributed by atoms with Crippen molar-refractivity contribution in [3.8, 4) is 0 Å². The van der Waals surface area contributed by atoms with E-state index in [1.165, 1.54) is 0 Å². The average Bonchev–Trinajstić information content (AvgIpc) is 1.14. The van der Waals surface area contributed by atoms with E-state index in [-0.39, 0.29) is 44.8 Å². The molecule has 0 spiro atoms. The molecular formula is CH2Ag2O6S2. The van der Waals surface area contributed by atoms with Gasteiger partial charge in [0.15, 0.2) is 0 Å². The van der Waals surface area contributed by atoms with Gasteiger partial charge in [0.25, 0.3) is 0 Å². The molecule has 0 rings (SSSR count). The molecule has 0 atom stereocenters. The summed E-state index contributed by atoms with van der Waals surface area (Å²) >= 11 is 0. The van der Waals surface area contributed by atoms with Gasteiger partial charge in [-0.15, -0.1) is 0 Å². The van der Waals surface area contributed by atoms with Gasteiger partial charge < -0.3 is 9.11 Å². The van der Waals surface area contributed by atoms with E-state index >= 15 is 0 Å². The molecular weight excluding hydrogens is 388 g/mol. The van der Waals surface area contributed by atoms with E-state index in [2.05, 4.69) is 0 Å². The second-order valence-electron chi connectivity index (χ2n) is 1.23. The summed E-state index contributed by atoms with van der Waals surface area (Å²) in [6.07, 6.45) is 0. The molecule has 0 heterocycles. The van der Waals surface area contributed by atoms with E-state index in [0.717, 1.165) is 0 Å². The van der Waals surface area contributed by atoms with Crippen molar-refractivity contribution in [3.05, 3.63) is 0 Å². The Morgan fingerprint density at radius 1 is 0.818 bits per heavy atom. The molecule has 0 unspecified atom stereocenters. The summed E-state index contributed by atoms with van der Waals surface area (Å²) in [5.41, 5.74) is 0. The van der Waals surface area contributed by atoms with Crippen LogP contribution >= 0.6 is 0 Å². The molecule has 0 bridgehead atoms. The summed E-state index contributed by atoms with van der Waals surface area (Å²) in [6.45, 7) is 0. The van der Waals surface area contributed by atoms with Crippen LogP contribution in [-0.2, 0) is 65.0 Å². The Bertz CT molecular complexity index is 244. The minimum absolute atomic E-state index is 0. The van der Waals surface area contributed by atoms with E-state index in [0.29, 0.717) is 0 Å². The zero-order valence-corrected chi connectivity index (χ0v) is 9.17. The van der Waals surface area contributed by atoms with Crippen LogP contribution in [0.4, 0.5) is 0 Å². The van der Waals surface area contributed by atoms with Crippen LogP contribution in [0.1, 0.15) is 0 Å². The monoisotopic (exact) mass is 388 g/mol. The van der Waals surface area contributed by atoms with Crippen molar-refractivity contribution in [2.75, 3.05) is 5.08 Å². The van der Waals surface area contributed by atoms with Gasteiger partial charge in [0.05, 0.1) is 0 Å². The Morgan fingerprint density at radius 3 is 1.00 bits per heavy atom. The first-order valence-corrected chi connectivity index (χ1v) is 4.73. The van der Waals surface area contributed by atoms with Crippen LogP contribution < -0.4 is 0 Å². The van der Waals surface area contributed by atoms with Crippen molar-refractivity contribution in [3.63, 3.8) is 0 Å². The molecule has 0 aromatic carbocycles.